The molecule has 1 aliphatic rings. The smallest absolute Gasteiger partial charge is 0.274 e. The van der Waals surface area contributed by atoms with Gasteiger partial charge in [-0.1, -0.05) is 29.8 Å². The summed E-state index contributed by atoms with van der Waals surface area (Å²) in [6, 6.07) is 7.39. The van der Waals surface area contributed by atoms with Crippen LogP contribution in [-0.4, -0.2) is 41.3 Å². The molecule has 1 atom stereocenters. The molecule has 0 radical (unpaired) electrons. The summed E-state index contributed by atoms with van der Waals surface area (Å²) in [5.41, 5.74) is 1.25. The van der Waals surface area contributed by atoms with Gasteiger partial charge in [0.1, 0.15) is 5.69 Å². The summed E-state index contributed by atoms with van der Waals surface area (Å²) in [6.07, 6.45) is 0. The minimum atomic E-state index is -0.209. The highest BCUT2D eigenvalue weighted by Gasteiger charge is 2.31. The third kappa shape index (κ3) is 5.08. The highest BCUT2D eigenvalue weighted by molar-refractivity contribution is 7.14. The molecule has 10 heteroatoms. The van der Waals surface area contributed by atoms with Gasteiger partial charge in [0.15, 0.2) is 5.13 Å². The van der Waals surface area contributed by atoms with Crippen LogP contribution in [0, 0.1) is 0 Å². The number of hydrogen-bond donors (Lipinski definition) is 2. The lowest BCUT2D eigenvalue weighted by atomic mass is 10.0. The standard InChI is InChI=1S/C16H17ClN4O2S.2ClH/c1-10(22)19-16-20-13(9-24-16)15(23)21-7-6-18-8-14(21)11-4-2-3-5-12(11)17;;/h2-5,9,14,18H,6-8H2,1H3,(H,19,20,22);2*1H. The monoisotopic (exact) mass is 436 g/mol. The van der Waals surface area contributed by atoms with Crippen molar-refractivity contribution in [3.63, 3.8) is 0 Å². The van der Waals surface area contributed by atoms with Crippen molar-refractivity contribution in [2.75, 3.05) is 25.0 Å². The number of rotatable bonds is 3. The fraction of sp³-hybridized carbons (Fsp3) is 0.312. The molecule has 1 fully saturated rings. The van der Waals surface area contributed by atoms with Gasteiger partial charge in [-0.25, -0.2) is 4.98 Å². The van der Waals surface area contributed by atoms with Crippen LogP contribution in [0.15, 0.2) is 29.6 Å². The normalized spacial score (nSPS) is 16.2. The minimum Gasteiger partial charge on any atom is -0.328 e. The lowest BCUT2D eigenvalue weighted by Crippen LogP contribution is -2.48. The molecule has 2 aromatic rings. The number of hydrogen-bond acceptors (Lipinski definition) is 5. The molecule has 2 heterocycles. The summed E-state index contributed by atoms with van der Waals surface area (Å²) < 4.78 is 0. The van der Waals surface area contributed by atoms with Gasteiger partial charge in [0, 0.05) is 37.0 Å². The number of anilines is 1. The van der Waals surface area contributed by atoms with Crippen molar-refractivity contribution in [3.05, 3.63) is 45.9 Å². The zero-order chi connectivity index (χ0) is 17.1. The zero-order valence-electron chi connectivity index (χ0n) is 13.9. The van der Waals surface area contributed by atoms with E-state index in [-0.39, 0.29) is 42.7 Å². The van der Waals surface area contributed by atoms with Gasteiger partial charge in [-0.3, -0.25) is 9.59 Å². The Morgan fingerprint density at radius 2 is 2.08 bits per heavy atom. The first-order chi connectivity index (χ1) is 11.6. The second-order valence-corrected chi connectivity index (χ2v) is 6.72. The number of piperazine rings is 1. The Balaban J connectivity index is 0.00000169. The fourth-order valence-corrected chi connectivity index (χ4v) is 3.69. The molecule has 26 heavy (non-hydrogen) atoms. The van der Waals surface area contributed by atoms with Crippen LogP contribution >= 0.6 is 47.8 Å². The van der Waals surface area contributed by atoms with Gasteiger partial charge in [0.2, 0.25) is 5.91 Å². The van der Waals surface area contributed by atoms with E-state index in [1.165, 1.54) is 18.3 Å². The molecule has 1 aromatic carbocycles. The third-order valence-corrected chi connectivity index (χ3v) is 4.88. The first kappa shape index (κ1) is 22.7. The van der Waals surface area contributed by atoms with E-state index in [4.69, 9.17) is 11.6 Å². The number of nitrogens with one attached hydrogen (secondary N) is 2. The highest BCUT2D eigenvalue weighted by atomic mass is 35.5. The number of aromatic nitrogens is 1. The predicted molar refractivity (Wildman–Crippen MR) is 109 cm³/mol. The molecule has 1 aliphatic heterocycles. The lowest BCUT2D eigenvalue weighted by Gasteiger charge is -2.36. The number of thiazole rings is 1. The first-order valence-electron chi connectivity index (χ1n) is 7.55. The number of benzene rings is 1. The van der Waals surface area contributed by atoms with E-state index >= 15 is 0 Å². The van der Waals surface area contributed by atoms with Gasteiger partial charge in [0.25, 0.3) is 5.91 Å². The topological polar surface area (TPSA) is 74.3 Å². The number of nitrogens with zero attached hydrogens (tertiary/aromatic N) is 2. The molecule has 1 unspecified atom stereocenters. The maximum Gasteiger partial charge on any atom is 0.274 e. The van der Waals surface area contributed by atoms with E-state index in [1.54, 1.807) is 10.3 Å². The van der Waals surface area contributed by atoms with E-state index in [2.05, 4.69) is 15.6 Å². The molecule has 0 aliphatic carbocycles. The van der Waals surface area contributed by atoms with Crippen molar-refractivity contribution in [2.45, 2.75) is 13.0 Å². The summed E-state index contributed by atoms with van der Waals surface area (Å²) in [6.45, 7) is 3.34. The van der Waals surface area contributed by atoms with E-state index < -0.39 is 0 Å². The third-order valence-electron chi connectivity index (χ3n) is 3.77. The lowest BCUT2D eigenvalue weighted by molar-refractivity contribution is -0.114. The minimum absolute atomic E-state index is 0. The molecule has 1 saturated heterocycles. The molecular formula is C16H19Cl3N4O2S. The van der Waals surface area contributed by atoms with Crippen LogP contribution in [-0.2, 0) is 4.79 Å². The van der Waals surface area contributed by atoms with Gasteiger partial charge in [-0.2, -0.15) is 0 Å². The van der Waals surface area contributed by atoms with Gasteiger partial charge in [0.05, 0.1) is 6.04 Å². The molecule has 0 saturated carbocycles. The van der Waals surface area contributed by atoms with Crippen LogP contribution < -0.4 is 10.6 Å². The summed E-state index contributed by atoms with van der Waals surface area (Å²) in [5.74, 6) is -0.367. The molecule has 142 valence electrons. The summed E-state index contributed by atoms with van der Waals surface area (Å²) in [5, 5.41) is 8.63. The van der Waals surface area contributed by atoms with Gasteiger partial charge in [-0.15, -0.1) is 36.2 Å². The van der Waals surface area contributed by atoms with Gasteiger partial charge < -0.3 is 15.5 Å². The summed E-state index contributed by atoms with van der Waals surface area (Å²) >= 11 is 7.55. The van der Waals surface area contributed by atoms with Crippen LogP contribution in [0.5, 0.6) is 0 Å². The van der Waals surface area contributed by atoms with Crippen LogP contribution in [0.4, 0.5) is 5.13 Å². The van der Waals surface area contributed by atoms with Gasteiger partial charge in [-0.05, 0) is 11.6 Å². The molecule has 3 rings (SSSR count). The van der Waals surface area contributed by atoms with E-state index in [0.29, 0.717) is 28.9 Å². The second kappa shape index (κ2) is 10.1. The Morgan fingerprint density at radius 3 is 2.77 bits per heavy atom. The van der Waals surface area contributed by atoms with E-state index in [1.807, 2.05) is 24.3 Å². The second-order valence-electron chi connectivity index (χ2n) is 5.46. The Labute approximate surface area is 173 Å². The van der Waals surface area contributed by atoms with E-state index in [0.717, 1.165) is 12.1 Å². The molecular weight excluding hydrogens is 419 g/mol. The number of carbonyl (C=O) groups excluding carboxylic acids is 2. The van der Waals surface area contributed by atoms with Crippen molar-refractivity contribution in [2.24, 2.45) is 0 Å². The summed E-state index contributed by atoms with van der Waals surface area (Å²) in [4.78, 5) is 30.0. The Hall–Kier alpha value is -1.38. The van der Waals surface area contributed by atoms with Gasteiger partial charge >= 0.3 is 0 Å². The van der Waals surface area contributed by atoms with Crippen LogP contribution in [0.3, 0.4) is 0 Å². The quantitative estimate of drug-likeness (QED) is 0.772. The Kier molecular flexibility index (Phi) is 8.79. The predicted octanol–water partition coefficient (Wildman–Crippen LogP) is 3.39. The van der Waals surface area contributed by atoms with Crippen molar-refractivity contribution < 1.29 is 9.59 Å². The number of amides is 2. The average Bonchev–Trinajstić information content (AvgIpc) is 3.02. The van der Waals surface area contributed by atoms with Crippen molar-refractivity contribution >= 4 is 64.7 Å². The fourth-order valence-electron chi connectivity index (χ4n) is 2.70. The molecule has 2 N–H and O–H groups in total. The van der Waals surface area contributed by atoms with Crippen LogP contribution in [0.1, 0.15) is 29.0 Å². The molecule has 0 spiro atoms. The van der Waals surface area contributed by atoms with E-state index in [9.17, 15) is 9.59 Å². The van der Waals surface area contributed by atoms with Crippen molar-refractivity contribution in [1.29, 1.82) is 0 Å². The molecule has 2 amide bonds. The van der Waals surface area contributed by atoms with Crippen LogP contribution in [0.2, 0.25) is 5.02 Å². The maximum atomic E-state index is 12.9. The molecule has 1 aromatic heterocycles. The zero-order valence-corrected chi connectivity index (χ0v) is 17.1. The largest absolute Gasteiger partial charge is 0.328 e. The Morgan fingerprint density at radius 1 is 1.35 bits per heavy atom. The molecule has 0 bridgehead atoms. The summed E-state index contributed by atoms with van der Waals surface area (Å²) in [7, 11) is 0. The first-order valence-corrected chi connectivity index (χ1v) is 8.81. The van der Waals surface area contributed by atoms with Crippen molar-refractivity contribution in [3.8, 4) is 0 Å². The van der Waals surface area contributed by atoms with Crippen LogP contribution in [0.25, 0.3) is 0 Å². The number of halogens is 3. The Bertz CT molecular complexity index is 771. The highest BCUT2D eigenvalue weighted by Crippen LogP contribution is 2.30. The SMILES string of the molecule is CC(=O)Nc1nc(C(=O)N2CCNCC2c2ccccc2Cl)cs1.Cl.Cl. The average molecular weight is 438 g/mol. The molecule has 6 nitrogen and oxygen atoms in total. The number of carbonyl (C=O) groups is 2. The maximum absolute atomic E-state index is 12.9. The van der Waals surface area contributed by atoms with Crippen molar-refractivity contribution in [1.82, 2.24) is 15.2 Å².